The van der Waals surface area contributed by atoms with Gasteiger partial charge in [-0.15, -0.1) is 0 Å². The van der Waals surface area contributed by atoms with Crippen molar-refractivity contribution in [3.05, 3.63) is 0 Å². The Hall–Kier alpha value is -0.0900. The molecule has 2 saturated carbocycles. The standard InChI is InChI=1S/C13H22BrNO2/c1-17-8-12(14)7-15-13(16)6-11-5-9-2-3-10(11)4-9/h9-12H,2-8H2,1H3,(H,15,16). The number of ether oxygens (including phenoxy) is 1. The average Bonchev–Trinajstić information content (AvgIpc) is 2.88. The molecule has 0 radical (unpaired) electrons. The summed E-state index contributed by atoms with van der Waals surface area (Å²) in [5, 5.41) is 2.99. The van der Waals surface area contributed by atoms with Crippen molar-refractivity contribution in [2.24, 2.45) is 17.8 Å². The topological polar surface area (TPSA) is 38.3 Å². The van der Waals surface area contributed by atoms with Crippen LogP contribution >= 0.6 is 15.9 Å². The minimum Gasteiger partial charge on any atom is -0.383 e. The Kier molecular flexibility index (Phi) is 4.86. The Morgan fingerprint density at radius 1 is 1.47 bits per heavy atom. The van der Waals surface area contributed by atoms with E-state index in [1.807, 2.05) is 0 Å². The summed E-state index contributed by atoms with van der Waals surface area (Å²) >= 11 is 3.47. The maximum atomic E-state index is 11.8. The summed E-state index contributed by atoms with van der Waals surface area (Å²) < 4.78 is 5.01. The van der Waals surface area contributed by atoms with E-state index in [0.29, 0.717) is 19.1 Å². The molecule has 0 aromatic rings. The Morgan fingerprint density at radius 2 is 2.29 bits per heavy atom. The van der Waals surface area contributed by atoms with E-state index < -0.39 is 0 Å². The lowest BCUT2D eigenvalue weighted by molar-refractivity contribution is -0.122. The van der Waals surface area contributed by atoms with E-state index in [-0.39, 0.29) is 10.7 Å². The number of hydrogen-bond acceptors (Lipinski definition) is 2. The maximum absolute atomic E-state index is 11.8. The number of halogens is 1. The zero-order valence-corrected chi connectivity index (χ0v) is 12.0. The zero-order chi connectivity index (χ0) is 12.3. The molecule has 17 heavy (non-hydrogen) atoms. The summed E-state index contributed by atoms with van der Waals surface area (Å²) in [6, 6.07) is 0. The van der Waals surface area contributed by atoms with Crippen LogP contribution in [-0.2, 0) is 9.53 Å². The molecule has 0 saturated heterocycles. The number of carbonyl (C=O) groups is 1. The van der Waals surface area contributed by atoms with Crippen LogP contribution in [-0.4, -0.2) is 31.0 Å². The van der Waals surface area contributed by atoms with Gasteiger partial charge in [-0.1, -0.05) is 22.4 Å². The van der Waals surface area contributed by atoms with Gasteiger partial charge in [-0.25, -0.2) is 0 Å². The van der Waals surface area contributed by atoms with Gasteiger partial charge in [0.25, 0.3) is 0 Å². The number of alkyl halides is 1. The fourth-order valence-corrected chi connectivity index (χ4v) is 3.83. The van der Waals surface area contributed by atoms with Crippen molar-refractivity contribution in [2.45, 2.75) is 36.9 Å². The van der Waals surface area contributed by atoms with Gasteiger partial charge in [0.1, 0.15) is 0 Å². The fourth-order valence-electron chi connectivity index (χ4n) is 3.40. The number of methoxy groups -OCH3 is 1. The molecule has 0 aromatic carbocycles. The average molecular weight is 304 g/mol. The van der Waals surface area contributed by atoms with E-state index in [9.17, 15) is 4.79 Å². The number of carbonyl (C=O) groups excluding carboxylic acids is 1. The minimum atomic E-state index is 0.211. The third kappa shape index (κ3) is 3.68. The second-order valence-corrected chi connectivity index (χ2v) is 6.79. The van der Waals surface area contributed by atoms with Crippen molar-refractivity contribution in [3.8, 4) is 0 Å². The Morgan fingerprint density at radius 3 is 2.88 bits per heavy atom. The second kappa shape index (κ2) is 6.19. The van der Waals surface area contributed by atoms with Crippen molar-refractivity contribution in [3.63, 3.8) is 0 Å². The van der Waals surface area contributed by atoms with Crippen molar-refractivity contribution in [1.82, 2.24) is 5.32 Å². The number of hydrogen-bond donors (Lipinski definition) is 1. The van der Waals surface area contributed by atoms with Gasteiger partial charge in [0.05, 0.1) is 11.4 Å². The molecule has 2 fully saturated rings. The number of fused-ring (bicyclic) bond motifs is 2. The third-order valence-corrected chi connectivity index (χ3v) is 4.79. The molecule has 2 bridgehead atoms. The van der Waals surface area contributed by atoms with Crippen LogP contribution in [0.3, 0.4) is 0 Å². The molecular formula is C13H22BrNO2. The largest absolute Gasteiger partial charge is 0.383 e. The Bertz CT molecular complexity index is 272. The van der Waals surface area contributed by atoms with Crippen LogP contribution in [0.2, 0.25) is 0 Å². The summed E-state index contributed by atoms with van der Waals surface area (Å²) in [5.74, 6) is 2.63. The minimum absolute atomic E-state index is 0.211. The van der Waals surface area contributed by atoms with Crippen LogP contribution in [0.1, 0.15) is 32.1 Å². The van der Waals surface area contributed by atoms with E-state index in [1.54, 1.807) is 7.11 Å². The summed E-state index contributed by atoms with van der Waals surface area (Å²) in [6.07, 6.45) is 6.15. The molecule has 1 amide bonds. The maximum Gasteiger partial charge on any atom is 0.220 e. The molecule has 2 aliphatic carbocycles. The van der Waals surface area contributed by atoms with Gasteiger partial charge in [0.2, 0.25) is 5.91 Å². The van der Waals surface area contributed by atoms with Crippen LogP contribution in [0.5, 0.6) is 0 Å². The molecule has 4 heteroatoms. The highest BCUT2D eigenvalue weighted by atomic mass is 79.9. The van der Waals surface area contributed by atoms with Crippen molar-refractivity contribution < 1.29 is 9.53 Å². The summed E-state index contributed by atoms with van der Waals surface area (Å²) in [4.78, 5) is 12.0. The van der Waals surface area contributed by atoms with E-state index in [0.717, 1.165) is 18.3 Å². The van der Waals surface area contributed by atoms with Crippen LogP contribution < -0.4 is 5.32 Å². The molecule has 2 aliphatic rings. The number of rotatable bonds is 6. The van der Waals surface area contributed by atoms with E-state index >= 15 is 0 Å². The predicted molar refractivity (Wildman–Crippen MR) is 71.2 cm³/mol. The lowest BCUT2D eigenvalue weighted by atomic mass is 9.86. The SMILES string of the molecule is COCC(Br)CNC(=O)CC1CC2CCC1C2. The van der Waals surface area contributed by atoms with Gasteiger partial charge in [0, 0.05) is 20.1 Å². The van der Waals surface area contributed by atoms with Gasteiger partial charge in [-0.05, 0) is 37.0 Å². The lowest BCUT2D eigenvalue weighted by Crippen LogP contribution is -2.33. The highest BCUT2D eigenvalue weighted by Gasteiger charge is 2.39. The van der Waals surface area contributed by atoms with Gasteiger partial charge < -0.3 is 10.1 Å². The molecule has 0 spiro atoms. The Labute approximate surface area is 112 Å². The highest BCUT2D eigenvalue weighted by Crippen LogP contribution is 2.49. The summed E-state index contributed by atoms with van der Waals surface area (Å²) in [7, 11) is 1.67. The molecule has 2 rings (SSSR count). The highest BCUT2D eigenvalue weighted by molar-refractivity contribution is 9.09. The summed E-state index contributed by atoms with van der Waals surface area (Å²) in [6.45, 7) is 1.29. The first-order valence-electron chi connectivity index (χ1n) is 6.58. The number of nitrogens with one attached hydrogen (secondary N) is 1. The smallest absolute Gasteiger partial charge is 0.220 e. The predicted octanol–water partition coefficient (Wildman–Crippen LogP) is 2.34. The molecule has 0 aromatic heterocycles. The first kappa shape index (κ1) is 13.3. The van der Waals surface area contributed by atoms with Gasteiger partial charge in [-0.2, -0.15) is 0 Å². The molecule has 4 atom stereocenters. The second-order valence-electron chi connectivity index (χ2n) is 5.50. The summed E-state index contributed by atoms with van der Waals surface area (Å²) in [5.41, 5.74) is 0. The number of amides is 1. The van der Waals surface area contributed by atoms with E-state index in [4.69, 9.17) is 4.74 Å². The van der Waals surface area contributed by atoms with Crippen LogP contribution in [0.25, 0.3) is 0 Å². The Balaban J connectivity index is 1.64. The molecule has 1 N–H and O–H groups in total. The molecule has 0 heterocycles. The van der Waals surface area contributed by atoms with E-state index in [1.165, 1.54) is 25.7 Å². The molecule has 98 valence electrons. The van der Waals surface area contributed by atoms with Crippen LogP contribution in [0.4, 0.5) is 0 Å². The lowest BCUT2D eigenvalue weighted by Gasteiger charge is -2.21. The van der Waals surface area contributed by atoms with Crippen molar-refractivity contribution >= 4 is 21.8 Å². The first-order valence-corrected chi connectivity index (χ1v) is 7.50. The third-order valence-electron chi connectivity index (χ3n) is 4.20. The quantitative estimate of drug-likeness (QED) is 0.765. The molecule has 0 aliphatic heterocycles. The fraction of sp³-hybridized carbons (Fsp3) is 0.923. The van der Waals surface area contributed by atoms with Gasteiger partial charge >= 0.3 is 0 Å². The van der Waals surface area contributed by atoms with Crippen molar-refractivity contribution in [1.29, 1.82) is 0 Å². The van der Waals surface area contributed by atoms with Crippen LogP contribution in [0, 0.1) is 17.8 Å². The van der Waals surface area contributed by atoms with Crippen LogP contribution in [0.15, 0.2) is 0 Å². The first-order chi connectivity index (χ1) is 8.19. The monoisotopic (exact) mass is 303 g/mol. The molecular weight excluding hydrogens is 282 g/mol. The van der Waals surface area contributed by atoms with Gasteiger partial charge in [0.15, 0.2) is 0 Å². The van der Waals surface area contributed by atoms with E-state index in [2.05, 4.69) is 21.2 Å². The van der Waals surface area contributed by atoms with Crippen molar-refractivity contribution in [2.75, 3.05) is 20.3 Å². The molecule has 3 nitrogen and oxygen atoms in total. The van der Waals surface area contributed by atoms with Gasteiger partial charge in [-0.3, -0.25) is 4.79 Å². The molecule has 4 unspecified atom stereocenters. The zero-order valence-electron chi connectivity index (χ0n) is 10.5. The normalized spacial score (nSPS) is 32.7.